The van der Waals surface area contributed by atoms with Crippen molar-refractivity contribution in [2.24, 2.45) is 7.05 Å². The molecule has 32 heavy (non-hydrogen) atoms. The van der Waals surface area contributed by atoms with Crippen LogP contribution in [0, 0.1) is 13.8 Å². The molecule has 170 valence electrons. The number of methoxy groups -OCH3 is 2. The third-order valence-corrected chi connectivity index (χ3v) is 5.78. The van der Waals surface area contributed by atoms with Crippen molar-refractivity contribution in [3.05, 3.63) is 53.3 Å². The van der Waals surface area contributed by atoms with Gasteiger partial charge in [0.05, 0.1) is 25.7 Å². The molecule has 0 saturated carbocycles. The molecular formula is C23H28N4O4S. The Morgan fingerprint density at radius 2 is 1.78 bits per heavy atom. The Kier molecular flexibility index (Phi) is 7.63. The topological polar surface area (TPSA) is 87.5 Å². The predicted molar refractivity (Wildman–Crippen MR) is 125 cm³/mol. The fourth-order valence-corrected chi connectivity index (χ4v) is 4.00. The molecule has 0 fully saturated rings. The number of nitrogens with zero attached hydrogens (tertiary/aromatic N) is 3. The third-order valence-electron chi connectivity index (χ3n) is 4.76. The minimum Gasteiger partial charge on any atom is -0.497 e. The molecule has 8 nitrogen and oxygen atoms in total. The average molecular weight is 457 g/mol. The summed E-state index contributed by atoms with van der Waals surface area (Å²) >= 11 is 1.30. The van der Waals surface area contributed by atoms with Gasteiger partial charge in [0.1, 0.15) is 17.2 Å². The van der Waals surface area contributed by atoms with E-state index < -0.39 is 0 Å². The van der Waals surface area contributed by atoms with Gasteiger partial charge in [-0.2, -0.15) is 0 Å². The van der Waals surface area contributed by atoms with Gasteiger partial charge >= 0.3 is 0 Å². The molecule has 1 amide bonds. The highest BCUT2D eigenvalue weighted by Crippen LogP contribution is 2.30. The second-order valence-corrected chi connectivity index (χ2v) is 8.33. The minimum absolute atomic E-state index is 0.174. The lowest BCUT2D eigenvalue weighted by molar-refractivity contribution is -0.113. The number of rotatable bonds is 9. The number of aryl methyl sites for hydroxylation is 2. The second-order valence-electron chi connectivity index (χ2n) is 7.39. The van der Waals surface area contributed by atoms with Gasteiger partial charge in [-0.25, -0.2) is 0 Å². The number of nitrogens with one attached hydrogen (secondary N) is 1. The van der Waals surface area contributed by atoms with E-state index in [0.717, 1.165) is 16.9 Å². The first-order valence-corrected chi connectivity index (χ1v) is 11.1. The zero-order chi connectivity index (χ0) is 23.3. The smallest absolute Gasteiger partial charge is 0.234 e. The van der Waals surface area contributed by atoms with Crippen molar-refractivity contribution in [1.82, 2.24) is 14.8 Å². The van der Waals surface area contributed by atoms with Crippen LogP contribution in [0.25, 0.3) is 0 Å². The molecule has 1 aromatic heterocycles. The van der Waals surface area contributed by atoms with Crippen molar-refractivity contribution in [3.8, 4) is 17.2 Å². The number of thioether (sulfide) groups is 1. The van der Waals surface area contributed by atoms with Crippen molar-refractivity contribution >= 4 is 23.4 Å². The summed E-state index contributed by atoms with van der Waals surface area (Å²) < 4.78 is 18.4. The first-order valence-electron chi connectivity index (χ1n) is 10.1. The number of benzene rings is 2. The zero-order valence-electron chi connectivity index (χ0n) is 19.1. The van der Waals surface area contributed by atoms with Crippen LogP contribution < -0.4 is 19.5 Å². The molecule has 9 heteroatoms. The van der Waals surface area contributed by atoms with Gasteiger partial charge in [0, 0.05) is 13.1 Å². The van der Waals surface area contributed by atoms with E-state index in [4.69, 9.17) is 14.2 Å². The van der Waals surface area contributed by atoms with Gasteiger partial charge in [-0.3, -0.25) is 4.79 Å². The van der Waals surface area contributed by atoms with E-state index in [1.54, 1.807) is 32.4 Å². The van der Waals surface area contributed by atoms with Gasteiger partial charge in [0.2, 0.25) is 5.91 Å². The van der Waals surface area contributed by atoms with Crippen LogP contribution in [0.5, 0.6) is 17.2 Å². The van der Waals surface area contributed by atoms with E-state index in [-0.39, 0.29) is 17.8 Å². The molecule has 0 radical (unpaired) electrons. The highest BCUT2D eigenvalue weighted by atomic mass is 32.2. The summed E-state index contributed by atoms with van der Waals surface area (Å²) in [6, 6.07) is 11.3. The van der Waals surface area contributed by atoms with Crippen molar-refractivity contribution in [2.45, 2.75) is 32.0 Å². The Labute approximate surface area is 192 Å². The number of hydrogen-bond donors (Lipinski definition) is 1. The number of amides is 1. The highest BCUT2D eigenvalue weighted by molar-refractivity contribution is 7.99. The summed E-state index contributed by atoms with van der Waals surface area (Å²) in [6.45, 7) is 6.00. The fourth-order valence-electron chi connectivity index (χ4n) is 3.28. The molecule has 3 aromatic rings. The van der Waals surface area contributed by atoms with Gasteiger partial charge in [-0.15, -0.1) is 10.2 Å². The Bertz CT molecular complexity index is 1080. The molecule has 3 rings (SSSR count). The number of hydrogen-bond acceptors (Lipinski definition) is 7. The molecule has 1 unspecified atom stereocenters. The van der Waals surface area contributed by atoms with Gasteiger partial charge in [0.15, 0.2) is 17.1 Å². The van der Waals surface area contributed by atoms with Gasteiger partial charge < -0.3 is 24.1 Å². The summed E-state index contributed by atoms with van der Waals surface area (Å²) in [5, 5.41) is 12.0. The van der Waals surface area contributed by atoms with Crippen molar-refractivity contribution in [2.75, 3.05) is 25.3 Å². The lowest BCUT2D eigenvalue weighted by Gasteiger charge is -2.15. The molecule has 2 aromatic carbocycles. The summed E-state index contributed by atoms with van der Waals surface area (Å²) in [5.74, 6) is 2.65. The van der Waals surface area contributed by atoms with Crippen LogP contribution in [0.3, 0.4) is 0 Å². The summed E-state index contributed by atoms with van der Waals surface area (Å²) in [5.41, 5.74) is 2.86. The maximum Gasteiger partial charge on any atom is 0.234 e. The molecular weight excluding hydrogens is 428 g/mol. The van der Waals surface area contributed by atoms with Gasteiger partial charge in [-0.05, 0) is 56.2 Å². The van der Waals surface area contributed by atoms with Crippen molar-refractivity contribution in [3.63, 3.8) is 0 Å². The standard InChI is InChI=1S/C23H28N4O4S/c1-14-9-15(2)11-18(10-14)31-16(3)22-25-26-23(27(22)4)32-13-21(28)24-19-8-7-17(29-5)12-20(19)30-6/h7-12,16H,13H2,1-6H3,(H,24,28). The zero-order valence-corrected chi connectivity index (χ0v) is 19.9. The lowest BCUT2D eigenvalue weighted by atomic mass is 10.1. The first-order chi connectivity index (χ1) is 15.3. The van der Waals surface area contributed by atoms with Crippen molar-refractivity contribution < 1.29 is 19.0 Å². The van der Waals surface area contributed by atoms with Crippen LogP contribution in [0.2, 0.25) is 0 Å². The second kappa shape index (κ2) is 10.4. The molecule has 0 aliphatic heterocycles. The Balaban J connectivity index is 1.61. The van der Waals surface area contributed by atoms with Crippen LogP contribution in [0.1, 0.15) is 30.0 Å². The van der Waals surface area contributed by atoms with Crippen molar-refractivity contribution in [1.29, 1.82) is 0 Å². The Hall–Kier alpha value is -3.20. The van der Waals surface area contributed by atoms with Crippen LogP contribution in [0.15, 0.2) is 41.6 Å². The van der Waals surface area contributed by atoms with Crippen LogP contribution in [-0.2, 0) is 11.8 Å². The van der Waals surface area contributed by atoms with E-state index in [1.807, 2.05) is 44.5 Å². The molecule has 0 bridgehead atoms. The summed E-state index contributed by atoms with van der Waals surface area (Å²) in [6.07, 6.45) is -0.291. The summed E-state index contributed by atoms with van der Waals surface area (Å²) in [7, 11) is 4.98. The third kappa shape index (κ3) is 5.73. The number of ether oxygens (including phenoxy) is 3. The average Bonchev–Trinajstić information content (AvgIpc) is 3.12. The van der Waals surface area contributed by atoms with Crippen LogP contribution in [-0.4, -0.2) is 40.6 Å². The maximum absolute atomic E-state index is 12.5. The predicted octanol–water partition coefficient (Wildman–Crippen LogP) is 4.32. The fraction of sp³-hybridized carbons (Fsp3) is 0.348. The van der Waals surface area contributed by atoms with E-state index in [0.29, 0.717) is 28.2 Å². The number of carbonyl (C=O) groups is 1. The van der Waals surface area contributed by atoms with E-state index in [2.05, 4.69) is 21.6 Å². The largest absolute Gasteiger partial charge is 0.497 e. The van der Waals surface area contributed by atoms with Crippen LogP contribution >= 0.6 is 11.8 Å². The number of aromatic nitrogens is 3. The Morgan fingerprint density at radius 1 is 1.06 bits per heavy atom. The SMILES string of the molecule is COc1ccc(NC(=O)CSc2nnc(C(C)Oc3cc(C)cc(C)c3)n2C)c(OC)c1. The number of carbonyl (C=O) groups excluding carboxylic acids is 1. The quantitative estimate of drug-likeness (QED) is 0.480. The molecule has 1 N–H and O–H groups in total. The molecule has 1 heterocycles. The first kappa shape index (κ1) is 23.5. The normalized spacial score (nSPS) is 11.7. The molecule has 0 saturated heterocycles. The monoisotopic (exact) mass is 456 g/mol. The lowest BCUT2D eigenvalue weighted by Crippen LogP contribution is -2.15. The molecule has 0 spiro atoms. The molecule has 0 aliphatic carbocycles. The minimum atomic E-state index is -0.291. The number of anilines is 1. The van der Waals surface area contributed by atoms with Crippen LogP contribution in [0.4, 0.5) is 5.69 Å². The van der Waals surface area contributed by atoms with E-state index in [9.17, 15) is 4.79 Å². The maximum atomic E-state index is 12.5. The summed E-state index contributed by atoms with van der Waals surface area (Å²) in [4.78, 5) is 12.5. The molecule has 0 aliphatic rings. The Morgan fingerprint density at radius 3 is 2.44 bits per heavy atom. The van der Waals surface area contributed by atoms with E-state index in [1.165, 1.54) is 11.8 Å². The highest BCUT2D eigenvalue weighted by Gasteiger charge is 2.19. The van der Waals surface area contributed by atoms with Gasteiger partial charge in [-0.1, -0.05) is 17.8 Å². The van der Waals surface area contributed by atoms with Gasteiger partial charge in [0.25, 0.3) is 0 Å². The van der Waals surface area contributed by atoms with E-state index >= 15 is 0 Å². The molecule has 1 atom stereocenters.